The normalized spacial score (nSPS) is 15.3. The lowest BCUT2D eigenvalue weighted by Crippen LogP contribution is -2.49. The summed E-state index contributed by atoms with van der Waals surface area (Å²) in [6, 6.07) is 12.4. The van der Waals surface area contributed by atoms with Gasteiger partial charge < -0.3 is 10.2 Å². The fourth-order valence-corrected chi connectivity index (χ4v) is 2.81. The number of benzene rings is 1. The van der Waals surface area contributed by atoms with Gasteiger partial charge in [0, 0.05) is 32.4 Å². The summed E-state index contributed by atoms with van der Waals surface area (Å²) in [5, 5.41) is 2.88. The number of para-hydroxylation sites is 1. The van der Waals surface area contributed by atoms with Crippen LogP contribution in [0.3, 0.4) is 0 Å². The number of amides is 1. The Morgan fingerprint density at radius 2 is 1.83 bits per heavy atom. The highest BCUT2D eigenvalue weighted by molar-refractivity contribution is 5.78. The van der Waals surface area contributed by atoms with Gasteiger partial charge in [0.1, 0.15) is 5.82 Å². The van der Waals surface area contributed by atoms with Gasteiger partial charge in [-0.1, -0.05) is 18.2 Å². The minimum Gasteiger partial charge on any atom is -0.367 e. The molecule has 0 saturated carbocycles. The molecule has 1 fully saturated rings. The van der Waals surface area contributed by atoms with Crippen LogP contribution in [-0.4, -0.2) is 48.5 Å². The summed E-state index contributed by atoms with van der Waals surface area (Å²) in [5.41, 5.74) is 1.48. The topological polar surface area (TPSA) is 48.5 Å². The molecule has 2 aromatic rings. The average molecular weight is 328 g/mol. The number of piperazine rings is 1. The number of nitrogens with one attached hydrogen (secondary N) is 1. The fraction of sp³-hybridized carbons (Fsp3) is 0.333. The molecule has 0 unspecified atom stereocenters. The first-order valence-electron chi connectivity index (χ1n) is 8.11. The molecule has 3 rings (SSSR count). The molecule has 0 atom stereocenters. The largest absolute Gasteiger partial charge is 0.367 e. The second kappa shape index (κ2) is 7.88. The van der Waals surface area contributed by atoms with Crippen LogP contribution in [0.2, 0.25) is 0 Å². The summed E-state index contributed by atoms with van der Waals surface area (Å²) in [5.74, 6) is -0.209. The Kier molecular flexibility index (Phi) is 5.38. The van der Waals surface area contributed by atoms with E-state index < -0.39 is 0 Å². The Balaban J connectivity index is 1.44. The Bertz CT molecular complexity index is 672. The number of hydrogen-bond acceptors (Lipinski definition) is 4. The zero-order chi connectivity index (χ0) is 16.8. The van der Waals surface area contributed by atoms with Crippen molar-refractivity contribution in [2.24, 2.45) is 0 Å². The summed E-state index contributed by atoms with van der Waals surface area (Å²) < 4.78 is 13.8. The van der Waals surface area contributed by atoms with Crippen LogP contribution in [0.25, 0.3) is 0 Å². The molecule has 2 heterocycles. The summed E-state index contributed by atoms with van der Waals surface area (Å²) in [7, 11) is 0. The van der Waals surface area contributed by atoms with Gasteiger partial charge in [0.05, 0.1) is 24.5 Å². The van der Waals surface area contributed by atoms with Crippen molar-refractivity contribution in [3.63, 3.8) is 0 Å². The third-order valence-electron chi connectivity index (χ3n) is 4.13. The Morgan fingerprint density at radius 3 is 2.54 bits per heavy atom. The van der Waals surface area contributed by atoms with Crippen molar-refractivity contribution in [2.75, 3.05) is 37.6 Å². The van der Waals surface area contributed by atoms with Gasteiger partial charge in [-0.05, 0) is 24.3 Å². The van der Waals surface area contributed by atoms with Gasteiger partial charge in [0.25, 0.3) is 0 Å². The molecule has 24 heavy (non-hydrogen) atoms. The van der Waals surface area contributed by atoms with E-state index in [9.17, 15) is 9.18 Å². The van der Waals surface area contributed by atoms with Gasteiger partial charge in [-0.3, -0.25) is 14.7 Å². The minimum atomic E-state index is -0.195. The Hall–Kier alpha value is -2.47. The zero-order valence-corrected chi connectivity index (χ0v) is 13.5. The number of anilines is 1. The molecule has 126 valence electrons. The van der Waals surface area contributed by atoms with Crippen LogP contribution in [0.4, 0.5) is 10.1 Å². The summed E-state index contributed by atoms with van der Waals surface area (Å²) >= 11 is 0. The van der Waals surface area contributed by atoms with E-state index in [-0.39, 0.29) is 11.7 Å². The molecule has 1 N–H and O–H groups in total. The van der Waals surface area contributed by atoms with Crippen LogP contribution >= 0.6 is 0 Å². The van der Waals surface area contributed by atoms with Crippen LogP contribution in [0.15, 0.2) is 48.7 Å². The Morgan fingerprint density at radius 1 is 1.08 bits per heavy atom. The molecule has 1 aliphatic heterocycles. The van der Waals surface area contributed by atoms with Gasteiger partial charge in [-0.25, -0.2) is 4.39 Å². The standard InChI is InChI=1S/C18H21FN4O/c19-16-6-1-2-7-17(16)23-11-9-22(10-12-23)14-18(24)21-13-15-5-3-4-8-20-15/h1-8H,9-14H2,(H,21,24). The number of hydrogen-bond donors (Lipinski definition) is 1. The molecule has 0 spiro atoms. The highest BCUT2D eigenvalue weighted by Crippen LogP contribution is 2.19. The highest BCUT2D eigenvalue weighted by atomic mass is 19.1. The molecule has 1 amide bonds. The van der Waals surface area contributed by atoms with E-state index >= 15 is 0 Å². The van der Waals surface area contributed by atoms with Crippen LogP contribution in [0.1, 0.15) is 5.69 Å². The molecule has 0 aliphatic carbocycles. The Labute approximate surface area is 141 Å². The van der Waals surface area contributed by atoms with Crippen LogP contribution in [0.5, 0.6) is 0 Å². The van der Waals surface area contributed by atoms with E-state index in [4.69, 9.17) is 0 Å². The van der Waals surface area contributed by atoms with Crippen LogP contribution < -0.4 is 10.2 Å². The summed E-state index contributed by atoms with van der Waals surface area (Å²) in [6.45, 7) is 3.71. The molecule has 1 aromatic carbocycles. The van der Waals surface area contributed by atoms with Crippen LogP contribution in [0, 0.1) is 5.82 Å². The number of carbonyl (C=O) groups is 1. The van der Waals surface area contributed by atoms with Gasteiger partial charge in [-0.15, -0.1) is 0 Å². The molecular formula is C18H21FN4O. The molecule has 6 heteroatoms. The van der Waals surface area contributed by atoms with Crippen molar-refractivity contribution in [1.82, 2.24) is 15.2 Å². The van der Waals surface area contributed by atoms with Gasteiger partial charge in [0.15, 0.2) is 0 Å². The zero-order valence-electron chi connectivity index (χ0n) is 13.5. The van der Waals surface area contributed by atoms with Gasteiger partial charge in [-0.2, -0.15) is 0 Å². The SMILES string of the molecule is O=C(CN1CCN(c2ccccc2F)CC1)NCc1ccccn1. The number of pyridine rings is 1. The monoisotopic (exact) mass is 328 g/mol. The second-order valence-corrected chi connectivity index (χ2v) is 5.81. The van der Waals surface area contributed by atoms with Crippen molar-refractivity contribution in [1.29, 1.82) is 0 Å². The average Bonchev–Trinajstić information content (AvgIpc) is 2.62. The van der Waals surface area contributed by atoms with E-state index in [1.54, 1.807) is 18.3 Å². The molecular weight excluding hydrogens is 307 g/mol. The van der Waals surface area contributed by atoms with Crippen molar-refractivity contribution in [2.45, 2.75) is 6.54 Å². The van der Waals surface area contributed by atoms with E-state index in [1.807, 2.05) is 29.2 Å². The van der Waals surface area contributed by atoms with E-state index in [0.717, 1.165) is 18.8 Å². The molecule has 1 aliphatic rings. The maximum atomic E-state index is 13.8. The van der Waals surface area contributed by atoms with Crippen molar-refractivity contribution in [3.8, 4) is 0 Å². The molecule has 0 radical (unpaired) electrons. The van der Waals surface area contributed by atoms with Gasteiger partial charge in [0.2, 0.25) is 5.91 Å². The number of nitrogens with zero attached hydrogens (tertiary/aromatic N) is 3. The van der Waals surface area contributed by atoms with E-state index in [0.29, 0.717) is 31.9 Å². The predicted octanol–water partition coefficient (Wildman–Crippen LogP) is 1.66. The number of rotatable bonds is 5. The fourth-order valence-electron chi connectivity index (χ4n) is 2.81. The van der Waals surface area contributed by atoms with Crippen molar-refractivity contribution >= 4 is 11.6 Å². The van der Waals surface area contributed by atoms with E-state index in [2.05, 4.69) is 15.2 Å². The molecule has 1 aromatic heterocycles. The maximum Gasteiger partial charge on any atom is 0.234 e. The number of aromatic nitrogens is 1. The van der Waals surface area contributed by atoms with Crippen LogP contribution in [-0.2, 0) is 11.3 Å². The third-order valence-corrected chi connectivity index (χ3v) is 4.13. The first kappa shape index (κ1) is 16.4. The molecule has 5 nitrogen and oxygen atoms in total. The second-order valence-electron chi connectivity index (χ2n) is 5.81. The quantitative estimate of drug-likeness (QED) is 0.907. The lowest BCUT2D eigenvalue weighted by atomic mass is 10.2. The smallest absolute Gasteiger partial charge is 0.234 e. The lowest BCUT2D eigenvalue weighted by molar-refractivity contribution is -0.122. The summed E-state index contributed by atoms with van der Waals surface area (Å²) in [4.78, 5) is 20.3. The number of carbonyl (C=O) groups excluding carboxylic acids is 1. The number of halogens is 1. The lowest BCUT2D eigenvalue weighted by Gasteiger charge is -2.35. The third kappa shape index (κ3) is 4.29. The van der Waals surface area contributed by atoms with Gasteiger partial charge >= 0.3 is 0 Å². The summed E-state index contributed by atoms with van der Waals surface area (Å²) in [6.07, 6.45) is 1.71. The molecule has 0 bridgehead atoms. The van der Waals surface area contributed by atoms with Crippen molar-refractivity contribution in [3.05, 3.63) is 60.2 Å². The van der Waals surface area contributed by atoms with E-state index in [1.165, 1.54) is 6.07 Å². The first-order valence-corrected chi connectivity index (χ1v) is 8.11. The predicted molar refractivity (Wildman–Crippen MR) is 91.1 cm³/mol. The van der Waals surface area contributed by atoms with Crippen molar-refractivity contribution < 1.29 is 9.18 Å². The minimum absolute atomic E-state index is 0.0139. The highest BCUT2D eigenvalue weighted by Gasteiger charge is 2.20. The first-order chi connectivity index (χ1) is 11.7. The molecule has 1 saturated heterocycles. The maximum absolute atomic E-state index is 13.8.